The van der Waals surface area contributed by atoms with Gasteiger partial charge in [0.2, 0.25) is 11.8 Å². The first kappa shape index (κ1) is 33.3. The summed E-state index contributed by atoms with van der Waals surface area (Å²) >= 11 is 0. The van der Waals surface area contributed by atoms with Gasteiger partial charge in [-0.1, -0.05) is 84.9 Å². The molecule has 3 aromatic rings. The number of carbonyl (C=O) groups excluding carboxylic acids is 5. The lowest BCUT2D eigenvalue weighted by molar-refractivity contribution is -0.202. The van der Waals surface area contributed by atoms with E-state index in [2.05, 4.69) is 20.7 Å². The van der Waals surface area contributed by atoms with Gasteiger partial charge < -0.3 is 25.4 Å². The van der Waals surface area contributed by atoms with E-state index in [0.717, 1.165) is 16.7 Å². The fourth-order valence-corrected chi connectivity index (χ4v) is 3.89. The maximum atomic E-state index is 12.6. The van der Waals surface area contributed by atoms with Gasteiger partial charge in [-0.05, 0) is 28.7 Å². The first-order valence-electron chi connectivity index (χ1n) is 13.5. The van der Waals surface area contributed by atoms with Crippen molar-refractivity contribution in [3.05, 3.63) is 96.1 Å². The van der Waals surface area contributed by atoms with Crippen molar-refractivity contribution in [1.82, 2.24) is 16.0 Å². The average molecular weight is 614 g/mol. The smallest absolute Gasteiger partial charge is 0.445 e. The molecule has 1 unspecified atom stereocenters. The summed E-state index contributed by atoms with van der Waals surface area (Å²) in [6.07, 6.45) is -6.56. The molecule has 0 radical (unpaired) electrons. The van der Waals surface area contributed by atoms with Crippen molar-refractivity contribution in [2.45, 2.75) is 38.1 Å². The van der Waals surface area contributed by atoms with Crippen molar-refractivity contribution in [3.8, 4) is 11.1 Å². The quantitative estimate of drug-likeness (QED) is 0.148. The van der Waals surface area contributed by atoms with Crippen molar-refractivity contribution in [3.63, 3.8) is 0 Å². The Balaban J connectivity index is 1.49. The zero-order valence-electron chi connectivity index (χ0n) is 23.4. The third-order valence-corrected chi connectivity index (χ3v) is 6.07. The molecule has 1 atom stereocenters. The van der Waals surface area contributed by atoms with E-state index in [1.165, 1.54) is 0 Å². The second kappa shape index (κ2) is 16.4. The number of amides is 3. The second-order valence-electron chi connectivity index (χ2n) is 9.44. The van der Waals surface area contributed by atoms with Crippen LogP contribution in [0.25, 0.3) is 11.1 Å². The molecule has 0 saturated carbocycles. The molecule has 44 heavy (non-hydrogen) atoms. The monoisotopic (exact) mass is 613 g/mol. The van der Waals surface area contributed by atoms with Gasteiger partial charge in [0.15, 0.2) is 0 Å². The van der Waals surface area contributed by atoms with Gasteiger partial charge in [0.1, 0.15) is 6.61 Å². The zero-order chi connectivity index (χ0) is 32.0. The van der Waals surface area contributed by atoms with Gasteiger partial charge >= 0.3 is 24.2 Å². The Bertz CT molecular complexity index is 1420. The van der Waals surface area contributed by atoms with Gasteiger partial charge in [-0.3, -0.25) is 14.4 Å². The maximum absolute atomic E-state index is 12.6. The topological polar surface area (TPSA) is 140 Å². The number of alkyl halides is 3. The Morgan fingerprint density at radius 3 is 2.00 bits per heavy atom. The number of nitrogens with one attached hydrogen (secondary N) is 3. The molecular weight excluding hydrogens is 583 g/mol. The summed E-state index contributed by atoms with van der Waals surface area (Å²) in [6.45, 7) is -0.260. The van der Waals surface area contributed by atoms with Crippen LogP contribution in [0.3, 0.4) is 0 Å². The first-order valence-corrected chi connectivity index (χ1v) is 13.5. The van der Waals surface area contributed by atoms with Gasteiger partial charge in [0.25, 0.3) is 0 Å². The van der Waals surface area contributed by atoms with Crippen LogP contribution in [0.15, 0.2) is 84.9 Å². The van der Waals surface area contributed by atoms with E-state index in [4.69, 9.17) is 4.74 Å². The summed E-state index contributed by atoms with van der Waals surface area (Å²) in [6, 6.07) is 23.7. The van der Waals surface area contributed by atoms with E-state index < -0.39 is 55.0 Å². The Hall–Kier alpha value is -5.20. The third-order valence-electron chi connectivity index (χ3n) is 6.07. The summed E-state index contributed by atoms with van der Waals surface area (Å²) in [5.74, 6) is -5.41. The Morgan fingerprint density at radius 1 is 0.750 bits per heavy atom. The molecule has 0 heterocycles. The lowest BCUT2D eigenvalue weighted by Gasteiger charge is -2.19. The Labute approximate surface area is 250 Å². The highest BCUT2D eigenvalue weighted by Gasteiger charge is 2.42. The Morgan fingerprint density at radius 2 is 1.36 bits per heavy atom. The summed E-state index contributed by atoms with van der Waals surface area (Å²) in [5.41, 5.74) is 2.86. The largest absolute Gasteiger partial charge is 0.491 e. The lowest BCUT2D eigenvalue weighted by atomic mass is 9.99. The van der Waals surface area contributed by atoms with E-state index in [1.807, 2.05) is 48.5 Å². The molecule has 0 aromatic heterocycles. The van der Waals surface area contributed by atoms with E-state index in [9.17, 15) is 37.1 Å². The molecule has 3 rings (SSSR count). The van der Waals surface area contributed by atoms with E-state index in [1.54, 1.807) is 36.4 Å². The standard InChI is InChI=1S/C31H30F3N3O7/c32-31(33,34)29(41)44-28(40)18-25(24-15-13-23(14-16-24)22-10-5-2-6-11-22)37-27(39)19-36-26(38)12-7-17-35-30(42)43-20-21-8-3-1-4-9-21/h1-6,8-11,13-16,25H,7,12,17-20H2,(H,35,42)(H,36,38)(H,37,39). The normalized spacial score (nSPS) is 11.5. The molecule has 0 saturated heterocycles. The minimum Gasteiger partial charge on any atom is -0.445 e. The molecule has 3 N–H and O–H groups in total. The maximum Gasteiger partial charge on any atom is 0.491 e. The Kier molecular flexibility index (Phi) is 12.4. The molecule has 3 aromatic carbocycles. The van der Waals surface area contributed by atoms with Crippen molar-refractivity contribution in [2.24, 2.45) is 0 Å². The van der Waals surface area contributed by atoms with Gasteiger partial charge in [-0.2, -0.15) is 13.2 Å². The predicted molar refractivity (Wildman–Crippen MR) is 151 cm³/mol. The molecule has 0 spiro atoms. The van der Waals surface area contributed by atoms with Gasteiger partial charge in [0, 0.05) is 13.0 Å². The molecule has 10 nitrogen and oxygen atoms in total. The number of benzene rings is 3. The number of hydrogen-bond acceptors (Lipinski definition) is 7. The molecule has 232 valence electrons. The SMILES string of the molecule is O=C(CCCNC(=O)OCc1ccccc1)NCC(=O)NC(CC(=O)OC(=O)C(F)(F)F)c1ccc(-c2ccccc2)cc1. The van der Waals surface area contributed by atoms with Crippen LogP contribution < -0.4 is 16.0 Å². The number of rotatable bonds is 13. The lowest BCUT2D eigenvalue weighted by Crippen LogP contribution is -2.40. The van der Waals surface area contributed by atoms with Crippen LogP contribution in [0.5, 0.6) is 0 Å². The second-order valence-corrected chi connectivity index (χ2v) is 9.44. The fourth-order valence-electron chi connectivity index (χ4n) is 3.89. The first-order chi connectivity index (χ1) is 21.0. The highest BCUT2D eigenvalue weighted by molar-refractivity contribution is 5.89. The van der Waals surface area contributed by atoms with Crippen molar-refractivity contribution >= 4 is 29.8 Å². The fraction of sp³-hybridized carbons (Fsp3) is 0.258. The van der Waals surface area contributed by atoms with Crippen LogP contribution in [0.2, 0.25) is 0 Å². The third kappa shape index (κ3) is 11.6. The zero-order valence-corrected chi connectivity index (χ0v) is 23.4. The molecule has 0 aliphatic carbocycles. The number of alkyl carbamates (subject to hydrolysis) is 1. The predicted octanol–water partition coefficient (Wildman–Crippen LogP) is 4.36. The molecule has 13 heteroatoms. The highest BCUT2D eigenvalue weighted by Crippen LogP contribution is 2.24. The molecule has 0 bridgehead atoms. The van der Waals surface area contributed by atoms with Gasteiger partial charge in [0.05, 0.1) is 19.0 Å². The van der Waals surface area contributed by atoms with Crippen molar-refractivity contribution in [1.29, 1.82) is 0 Å². The summed E-state index contributed by atoms with van der Waals surface area (Å²) in [7, 11) is 0. The van der Waals surface area contributed by atoms with Crippen LogP contribution in [0.4, 0.5) is 18.0 Å². The number of carbonyl (C=O) groups is 5. The average Bonchev–Trinajstić information content (AvgIpc) is 3.01. The summed E-state index contributed by atoms with van der Waals surface area (Å²) in [4.78, 5) is 59.8. The summed E-state index contributed by atoms with van der Waals surface area (Å²) < 4.78 is 46.6. The molecule has 3 amide bonds. The molecule has 0 fully saturated rings. The van der Waals surface area contributed by atoms with Crippen LogP contribution in [0.1, 0.15) is 36.4 Å². The van der Waals surface area contributed by atoms with Gasteiger partial charge in [-0.25, -0.2) is 9.59 Å². The van der Waals surface area contributed by atoms with Crippen molar-refractivity contribution < 1.29 is 46.6 Å². The van der Waals surface area contributed by atoms with E-state index >= 15 is 0 Å². The number of halogens is 3. The van der Waals surface area contributed by atoms with Gasteiger partial charge in [-0.15, -0.1) is 0 Å². The molecular formula is C31H30F3N3O7. The van der Waals surface area contributed by atoms with Crippen LogP contribution in [-0.2, 0) is 35.3 Å². The van der Waals surface area contributed by atoms with E-state index in [-0.39, 0.29) is 26.0 Å². The highest BCUT2D eigenvalue weighted by atomic mass is 19.4. The minimum atomic E-state index is -5.37. The number of hydrogen-bond donors (Lipinski definition) is 3. The van der Waals surface area contributed by atoms with Crippen molar-refractivity contribution in [2.75, 3.05) is 13.1 Å². The molecule has 0 aliphatic rings. The van der Waals surface area contributed by atoms with Crippen LogP contribution >= 0.6 is 0 Å². The van der Waals surface area contributed by atoms with Crippen LogP contribution in [0, 0.1) is 0 Å². The number of ether oxygens (including phenoxy) is 2. The number of esters is 2. The molecule has 0 aliphatic heterocycles. The minimum absolute atomic E-state index is 0.0253. The summed E-state index contributed by atoms with van der Waals surface area (Å²) in [5, 5.41) is 7.39. The van der Waals surface area contributed by atoms with E-state index in [0.29, 0.717) is 5.56 Å². The van der Waals surface area contributed by atoms with Crippen LogP contribution in [-0.4, -0.2) is 49.1 Å².